The normalized spacial score (nSPS) is 17.4. The zero-order valence-corrected chi connectivity index (χ0v) is 15.1. The molecule has 3 rings (SSSR count). The lowest BCUT2D eigenvalue weighted by Gasteiger charge is -2.36. The first kappa shape index (κ1) is 18.7. The number of aliphatic hydroxyl groups is 1. The highest BCUT2D eigenvalue weighted by atomic mass is 35.5. The summed E-state index contributed by atoms with van der Waals surface area (Å²) in [6.07, 6.45) is 0. The molecule has 0 fully saturated rings. The standard InChI is InChI=1S/C20H16ClNO5/c1-11-2-4-13(5-3-11)17-16(12-6-8-14(21)9-7-12)18(25)19(26)20(27)22(17)10-15(23)24/h2-9,17,25H,10H2,1H3,(H,23,24). The average molecular weight is 386 g/mol. The number of Topliss-reactive ketones (excluding diaryl/α,β-unsaturated/α-hetero) is 1. The number of ketones is 1. The second-order valence-corrected chi connectivity index (χ2v) is 6.67. The number of carbonyl (C=O) groups excluding carboxylic acids is 2. The van der Waals surface area contributed by atoms with Crippen molar-refractivity contribution in [2.75, 3.05) is 6.54 Å². The number of aryl methyl sites for hydroxylation is 1. The summed E-state index contributed by atoms with van der Waals surface area (Å²) in [5.41, 5.74) is 2.20. The van der Waals surface area contributed by atoms with Gasteiger partial charge in [0.25, 0.3) is 11.7 Å². The van der Waals surface area contributed by atoms with Gasteiger partial charge in [0.1, 0.15) is 6.54 Å². The van der Waals surface area contributed by atoms with E-state index in [1.165, 1.54) is 0 Å². The zero-order valence-electron chi connectivity index (χ0n) is 14.3. The molecule has 1 aliphatic heterocycles. The molecule has 7 heteroatoms. The number of carbonyl (C=O) groups is 3. The lowest BCUT2D eigenvalue weighted by Crippen LogP contribution is -2.47. The third-order valence-electron chi connectivity index (χ3n) is 4.36. The Balaban J connectivity index is 2.24. The van der Waals surface area contributed by atoms with Crippen molar-refractivity contribution >= 4 is 34.8 Å². The van der Waals surface area contributed by atoms with Crippen molar-refractivity contribution in [1.82, 2.24) is 4.90 Å². The Hall–Kier alpha value is -3.12. The van der Waals surface area contributed by atoms with Crippen LogP contribution in [0.2, 0.25) is 5.02 Å². The fourth-order valence-electron chi connectivity index (χ4n) is 3.08. The van der Waals surface area contributed by atoms with Crippen LogP contribution in [0.1, 0.15) is 22.7 Å². The summed E-state index contributed by atoms with van der Waals surface area (Å²) in [6.45, 7) is 1.22. The number of aliphatic carboxylic acids is 1. The fraction of sp³-hybridized carbons (Fsp3) is 0.150. The highest BCUT2D eigenvalue weighted by Crippen LogP contribution is 2.40. The minimum Gasteiger partial charge on any atom is -0.504 e. The van der Waals surface area contributed by atoms with Gasteiger partial charge in [-0.25, -0.2) is 0 Å². The van der Waals surface area contributed by atoms with Gasteiger partial charge in [0.05, 0.1) is 6.04 Å². The van der Waals surface area contributed by atoms with E-state index in [1.807, 2.05) is 19.1 Å². The van der Waals surface area contributed by atoms with Crippen LogP contribution in [-0.2, 0) is 14.4 Å². The molecule has 1 unspecified atom stereocenters. The molecule has 1 heterocycles. The van der Waals surface area contributed by atoms with Gasteiger partial charge in [-0.15, -0.1) is 0 Å². The van der Waals surface area contributed by atoms with Gasteiger partial charge in [0, 0.05) is 10.6 Å². The predicted octanol–water partition coefficient (Wildman–Crippen LogP) is 3.15. The monoisotopic (exact) mass is 385 g/mol. The van der Waals surface area contributed by atoms with Crippen molar-refractivity contribution < 1.29 is 24.6 Å². The molecule has 0 spiro atoms. The maximum absolute atomic E-state index is 12.5. The van der Waals surface area contributed by atoms with Crippen molar-refractivity contribution in [3.63, 3.8) is 0 Å². The van der Waals surface area contributed by atoms with Crippen molar-refractivity contribution in [2.24, 2.45) is 0 Å². The van der Waals surface area contributed by atoms with Crippen LogP contribution in [-0.4, -0.2) is 39.3 Å². The third-order valence-corrected chi connectivity index (χ3v) is 4.62. The molecule has 2 aromatic carbocycles. The number of rotatable bonds is 4. The molecule has 138 valence electrons. The lowest BCUT2D eigenvalue weighted by atomic mass is 9.86. The SMILES string of the molecule is Cc1ccc(C2C(c3ccc(Cl)cc3)=C(O)C(=O)C(=O)N2CC(=O)O)cc1. The Morgan fingerprint density at radius 1 is 1.07 bits per heavy atom. The van der Waals surface area contributed by atoms with Crippen molar-refractivity contribution in [3.05, 3.63) is 76.0 Å². The highest BCUT2D eigenvalue weighted by molar-refractivity contribution is 6.44. The van der Waals surface area contributed by atoms with Gasteiger partial charge in [-0.2, -0.15) is 0 Å². The number of carboxylic acid groups (broad SMARTS) is 1. The van der Waals surface area contributed by atoms with E-state index in [0.717, 1.165) is 10.5 Å². The van der Waals surface area contributed by atoms with Crippen molar-refractivity contribution in [2.45, 2.75) is 13.0 Å². The minimum absolute atomic E-state index is 0.168. The Labute approximate surface area is 160 Å². The zero-order chi connectivity index (χ0) is 19.7. The summed E-state index contributed by atoms with van der Waals surface area (Å²) in [6, 6.07) is 12.6. The van der Waals surface area contributed by atoms with Gasteiger partial charge in [-0.1, -0.05) is 53.6 Å². The summed E-state index contributed by atoms with van der Waals surface area (Å²) >= 11 is 5.92. The number of hydrogen-bond acceptors (Lipinski definition) is 4. The molecule has 0 saturated carbocycles. The van der Waals surface area contributed by atoms with Crippen LogP contribution in [0.4, 0.5) is 0 Å². The van der Waals surface area contributed by atoms with E-state index >= 15 is 0 Å². The molecule has 0 radical (unpaired) electrons. The van der Waals surface area contributed by atoms with Crippen molar-refractivity contribution in [1.29, 1.82) is 0 Å². The second-order valence-electron chi connectivity index (χ2n) is 6.24. The maximum atomic E-state index is 12.5. The summed E-state index contributed by atoms with van der Waals surface area (Å²) < 4.78 is 0. The van der Waals surface area contributed by atoms with E-state index in [-0.39, 0.29) is 5.57 Å². The summed E-state index contributed by atoms with van der Waals surface area (Å²) in [5, 5.41) is 20.2. The van der Waals surface area contributed by atoms with E-state index in [0.29, 0.717) is 16.1 Å². The molecule has 0 saturated heterocycles. The molecule has 6 nitrogen and oxygen atoms in total. The largest absolute Gasteiger partial charge is 0.504 e. The molecule has 2 aromatic rings. The van der Waals surface area contributed by atoms with Gasteiger partial charge in [-0.05, 0) is 30.2 Å². The number of carboxylic acids is 1. The van der Waals surface area contributed by atoms with Crippen LogP contribution in [0.5, 0.6) is 0 Å². The predicted molar refractivity (Wildman–Crippen MR) is 99.3 cm³/mol. The van der Waals surface area contributed by atoms with Gasteiger partial charge in [-0.3, -0.25) is 14.4 Å². The molecule has 2 N–H and O–H groups in total. The van der Waals surface area contributed by atoms with Gasteiger partial charge >= 0.3 is 5.97 Å². The second kappa shape index (κ2) is 7.25. The van der Waals surface area contributed by atoms with Crippen LogP contribution in [0.3, 0.4) is 0 Å². The molecule has 0 bridgehead atoms. The van der Waals surface area contributed by atoms with Gasteiger partial charge in [0.2, 0.25) is 0 Å². The Kier molecular flexibility index (Phi) is 5.01. The first-order chi connectivity index (χ1) is 12.8. The molecular weight excluding hydrogens is 370 g/mol. The van der Waals surface area contributed by atoms with E-state index in [2.05, 4.69) is 0 Å². The topological polar surface area (TPSA) is 94.9 Å². The number of halogens is 1. The van der Waals surface area contributed by atoms with Crippen LogP contribution < -0.4 is 0 Å². The van der Waals surface area contributed by atoms with Gasteiger partial charge < -0.3 is 15.1 Å². The fourth-order valence-corrected chi connectivity index (χ4v) is 3.21. The minimum atomic E-state index is -1.26. The number of aliphatic hydroxyl groups excluding tert-OH is 1. The van der Waals surface area contributed by atoms with E-state index < -0.39 is 36.0 Å². The molecular formula is C20H16ClNO5. The first-order valence-corrected chi connectivity index (χ1v) is 8.50. The first-order valence-electron chi connectivity index (χ1n) is 8.12. The average Bonchev–Trinajstić information content (AvgIpc) is 2.63. The number of benzene rings is 2. The number of hydrogen-bond donors (Lipinski definition) is 2. The Morgan fingerprint density at radius 3 is 2.22 bits per heavy atom. The molecule has 1 aliphatic rings. The molecule has 1 atom stereocenters. The maximum Gasteiger partial charge on any atom is 0.323 e. The van der Waals surface area contributed by atoms with E-state index in [9.17, 15) is 24.6 Å². The van der Waals surface area contributed by atoms with Crippen LogP contribution in [0.15, 0.2) is 54.3 Å². The molecule has 0 aromatic heterocycles. The van der Waals surface area contributed by atoms with Crippen LogP contribution in [0.25, 0.3) is 5.57 Å². The lowest BCUT2D eigenvalue weighted by molar-refractivity contribution is -0.151. The Morgan fingerprint density at radius 2 is 1.67 bits per heavy atom. The quantitative estimate of drug-likeness (QED) is 0.788. The summed E-state index contributed by atoms with van der Waals surface area (Å²) in [4.78, 5) is 37.0. The third kappa shape index (κ3) is 3.57. The van der Waals surface area contributed by atoms with E-state index in [1.54, 1.807) is 36.4 Å². The summed E-state index contributed by atoms with van der Waals surface area (Å²) in [5.74, 6) is -4.14. The molecule has 1 amide bonds. The Bertz CT molecular complexity index is 947. The van der Waals surface area contributed by atoms with E-state index in [4.69, 9.17) is 11.6 Å². The van der Waals surface area contributed by atoms with Crippen molar-refractivity contribution in [3.8, 4) is 0 Å². The number of amides is 1. The van der Waals surface area contributed by atoms with Gasteiger partial charge in [0.15, 0.2) is 5.76 Å². The summed E-state index contributed by atoms with van der Waals surface area (Å²) in [7, 11) is 0. The van der Waals surface area contributed by atoms with Crippen LogP contribution >= 0.6 is 11.6 Å². The number of nitrogens with zero attached hydrogens (tertiary/aromatic N) is 1. The molecule has 27 heavy (non-hydrogen) atoms. The molecule has 0 aliphatic carbocycles. The smallest absolute Gasteiger partial charge is 0.323 e. The highest BCUT2D eigenvalue weighted by Gasteiger charge is 2.42. The van der Waals surface area contributed by atoms with Crippen LogP contribution in [0, 0.1) is 6.92 Å².